The van der Waals surface area contributed by atoms with Gasteiger partial charge in [-0.05, 0) is 49.9 Å². The number of carbonyl (C=O) groups excluding carboxylic acids is 1. The molecule has 3 atom stereocenters. The van der Waals surface area contributed by atoms with Crippen LogP contribution in [0.3, 0.4) is 0 Å². The number of hydrogen-bond acceptors (Lipinski definition) is 4. The van der Waals surface area contributed by atoms with E-state index in [0.717, 1.165) is 25.0 Å². The molecule has 1 fully saturated rings. The molecule has 0 saturated carbocycles. The molecule has 1 aliphatic heterocycles. The van der Waals surface area contributed by atoms with Crippen molar-refractivity contribution in [2.75, 3.05) is 18.8 Å². The number of benzene rings is 1. The third-order valence-electron chi connectivity index (χ3n) is 4.58. The number of amides is 1. The Morgan fingerprint density at radius 1 is 1.33 bits per heavy atom. The molecule has 7 heteroatoms. The van der Waals surface area contributed by atoms with Crippen molar-refractivity contribution in [3.63, 3.8) is 0 Å². The molecule has 24 heavy (non-hydrogen) atoms. The first kappa shape index (κ1) is 18.9. The first-order chi connectivity index (χ1) is 11.2. The predicted octanol–water partition coefficient (Wildman–Crippen LogP) is 1.82. The number of halogens is 1. The van der Waals surface area contributed by atoms with Gasteiger partial charge >= 0.3 is 0 Å². The number of rotatable bonds is 5. The molecule has 3 unspecified atom stereocenters. The largest absolute Gasteiger partial charge is 0.342 e. The molecule has 0 spiro atoms. The fraction of sp³-hybridized carbons (Fsp3) is 0.588. The summed E-state index contributed by atoms with van der Waals surface area (Å²) in [4.78, 5) is 14.4. The molecule has 0 radical (unpaired) electrons. The summed E-state index contributed by atoms with van der Waals surface area (Å²) in [6.45, 7) is 4.78. The molecule has 2 rings (SSSR count). The molecule has 1 heterocycles. The number of likely N-dealkylation sites (tertiary alicyclic amines) is 1. The van der Waals surface area contributed by atoms with Gasteiger partial charge in [0.15, 0.2) is 9.84 Å². The quantitative estimate of drug-likeness (QED) is 0.816. The molecule has 2 N–H and O–H groups in total. The van der Waals surface area contributed by atoms with E-state index in [9.17, 15) is 17.6 Å². The number of piperidine rings is 1. The summed E-state index contributed by atoms with van der Waals surface area (Å²) in [7, 11) is -3.63. The van der Waals surface area contributed by atoms with Gasteiger partial charge in [-0.2, -0.15) is 0 Å². The van der Waals surface area contributed by atoms with Crippen molar-refractivity contribution >= 4 is 15.7 Å². The van der Waals surface area contributed by atoms with Crippen molar-refractivity contribution in [1.82, 2.24) is 4.90 Å². The van der Waals surface area contributed by atoms with Crippen molar-refractivity contribution in [3.8, 4) is 0 Å². The van der Waals surface area contributed by atoms with Crippen LogP contribution in [0.1, 0.15) is 26.7 Å². The standard InChI is InChI=1S/C17H25FN2O3S/c1-12(11-24(22,23)16-7-5-15(18)6-8-16)17(21)20-9-3-4-14(10-20)13(2)19/h5-8,12-14H,3-4,9-11,19H2,1-2H3. The lowest BCUT2D eigenvalue weighted by Gasteiger charge is -2.36. The fourth-order valence-electron chi connectivity index (χ4n) is 3.09. The molecule has 0 bridgehead atoms. The van der Waals surface area contributed by atoms with E-state index in [1.54, 1.807) is 11.8 Å². The zero-order valence-electron chi connectivity index (χ0n) is 14.1. The van der Waals surface area contributed by atoms with Crippen molar-refractivity contribution in [2.24, 2.45) is 17.6 Å². The Bertz CT molecular complexity index is 674. The molecule has 1 aliphatic rings. The Morgan fingerprint density at radius 3 is 2.54 bits per heavy atom. The van der Waals surface area contributed by atoms with Crippen LogP contribution in [0.4, 0.5) is 4.39 Å². The Hall–Kier alpha value is -1.47. The zero-order chi connectivity index (χ0) is 17.9. The van der Waals surface area contributed by atoms with Gasteiger partial charge in [0.05, 0.1) is 10.6 Å². The van der Waals surface area contributed by atoms with Gasteiger partial charge in [-0.1, -0.05) is 6.92 Å². The van der Waals surface area contributed by atoms with Crippen molar-refractivity contribution in [1.29, 1.82) is 0 Å². The summed E-state index contributed by atoms with van der Waals surface area (Å²) < 4.78 is 37.7. The van der Waals surface area contributed by atoms with E-state index < -0.39 is 21.6 Å². The number of carbonyl (C=O) groups is 1. The summed E-state index contributed by atoms with van der Waals surface area (Å²) in [6, 6.07) is 4.69. The van der Waals surface area contributed by atoms with Gasteiger partial charge in [-0.3, -0.25) is 4.79 Å². The van der Waals surface area contributed by atoms with Gasteiger partial charge in [0.2, 0.25) is 5.91 Å². The molecule has 5 nitrogen and oxygen atoms in total. The SMILES string of the molecule is CC(CS(=O)(=O)c1ccc(F)cc1)C(=O)N1CCCC(C(C)N)C1. The zero-order valence-corrected chi connectivity index (χ0v) is 14.9. The van der Waals surface area contributed by atoms with Crippen LogP contribution in [0.5, 0.6) is 0 Å². The minimum Gasteiger partial charge on any atom is -0.342 e. The Kier molecular flexibility index (Phi) is 5.98. The van der Waals surface area contributed by atoms with Gasteiger partial charge < -0.3 is 10.6 Å². The highest BCUT2D eigenvalue weighted by Crippen LogP contribution is 2.22. The predicted molar refractivity (Wildman–Crippen MR) is 90.6 cm³/mol. The van der Waals surface area contributed by atoms with Crippen LogP contribution in [0.15, 0.2) is 29.2 Å². The molecule has 0 aromatic heterocycles. The van der Waals surface area contributed by atoms with Gasteiger partial charge in [-0.25, -0.2) is 12.8 Å². The van der Waals surface area contributed by atoms with Gasteiger partial charge in [0.25, 0.3) is 0 Å². The summed E-state index contributed by atoms with van der Waals surface area (Å²) in [6.07, 6.45) is 1.87. The normalized spacial score (nSPS) is 21.3. The van der Waals surface area contributed by atoms with Gasteiger partial charge in [0, 0.05) is 25.0 Å². The van der Waals surface area contributed by atoms with Gasteiger partial charge in [-0.15, -0.1) is 0 Å². The molecular formula is C17H25FN2O3S. The van der Waals surface area contributed by atoms with Crippen LogP contribution in [-0.2, 0) is 14.6 Å². The minimum absolute atomic E-state index is 0.0128. The highest BCUT2D eigenvalue weighted by Gasteiger charge is 2.31. The van der Waals surface area contributed by atoms with Crippen LogP contribution in [-0.4, -0.2) is 44.1 Å². The monoisotopic (exact) mass is 356 g/mol. The molecule has 1 saturated heterocycles. The average Bonchev–Trinajstić information content (AvgIpc) is 2.54. The van der Waals surface area contributed by atoms with E-state index in [1.165, 1.54) is 12.1 Å². The van der Waals surface area contributed by atoms with E-state index in [1.807, 2.05) is 6.92 Å². The second-order valence-electron chi connectivity index (χ2n) is 6.68. The van der Waals surface area contributed by atoms with Crippen molar-refractivity contribution in [3.05, 3.63) is 30.1 Å². The highest BCUT2D eigenvalue weighted by molar-refractivity contribution is 7.91. The Morgan fingerprint density at radius 2 is 1.96 bits per heavy atom. The second kappa shape index (κ2) is 7.61. The van der Waals surface area contributed by atoms with Crippen molar-refractivity contribution < 1.29 is 17.6 Å². The van der Waals surface area contributed by atoms with Crippen LogP contribution < -0.4 is 5.73 Å². The maximum Gasteiger partial charge on any atom is 0.226 e. The minimum atomic E-state index is -3.63. The molecular weight excluding hydrogens is 331 g/mol. The number of nitrogens with two attached hydrogens (primary N) is 1. The number of hydrogen-bond donors (Lipinski definition) is 1. The second-order valence-corrected chi connectivity index (χ2v) is 8.72. The van der Waals surface area contributed by atoms with E-state index in [2.05, 4.69) is 0 Å². The summed E-state index contributed by atoms with van der Waals surface area (Å²) in [5, 5.41) is 0. The average molecular weight is 356 g/mol. The first-order valence-corrected chi connectivity index (χ1v) is 9.88. The lowest BCUT2D eigenvalue weighted by Crippen LogP contribution is -2.47. The highest BCUT2D eigenvalue weighted by atomic mass is 32.2. The van der Waals surface area contributed by atoms with Crippen LogP contribution in [0.25, 0.3) is 0 Å². The van der Waals surface area contributed by atoms with Crippen LogP contribution in [0, 0.1) is 17.7 Å². The molecule has 134 valence electrons. The van der Waals surface area contributed by atoms with E-state index in [0.29, 0.717) is 13.1 Å². The fourth-order valence-corrected chi connectivity index (χ4v) is 4.63. The smallest absolute Gasteiger partial charge is 0.226 e. The van der Waals surface area contributed by atoms with Crippen LogP contribution in [0.2, 0.25) is 0 Å². The first-order valence-electron chi connectivity index (χ1n) is 8.23. The maximum absolute atomic E-state index is 12.9. The number of nitrogens with zero attached hydrogens (tertiary/aromatic N) is 1. The Balaban J connectivity index is 2.04. The Labute approximate surface area is 142 Å². The molecule has 0 aliphatic carbocycles. The van der Waals surface area contributed by atoms with Gasteiger partial charge in [0.1, 0.15) is 5.82 Å². The van der Waals surface area contributed by atoms with Crippen molar-refractivity contribution in [2.45, 2.75) is 37.6 Å². The lowest BCUT2D eigenvalue weighted by molar-refractivity contribution is -0.136. The lowest BCUT2D eigenvalue weighted by atomic mass is 9.91. The topological polar surface area (TPSA) is 80.5 Å². The summed E-state index contributed by atoms with van der Waals surface area (Å²) >= 11 is 0. The maximum atomic E-state index is 12.9. The number of sulfone groups is 1. The molecule has 1 amide bonds. The summed E-state index contributed by atoms with van der Waals surface area (Å²) in [5.74, 6) is -1.33. The third-order valence-corrected chi connectivity index (χ3v) is 6.51. The summed E-state index contributed by atoms with van der Waals surface area (Å²) in [5.41, 5.74) is 5.93. The van der Waals surface area contributed by atoms with Crippen LogP contribution >= 0.6 is 0 Å². The van der Waals surface area contributed by atoms with E-state index in [-0.39, 0.29) is 28.5 Å². The van der Waals surface area contributed by atoms with E-state index in [4.69, 9.17) is 5.73 Å². The molecule has 1 aromatic carbocycles. The van der Waals surface area contributed by atoms with E-state index >= 15 is 0 Å². The third kappa shape index (κ3) is 4.54. The molecule has 1 aromatic rings.